The highest BCUT2D eigenvalue weighted by atomic mass is 16.5. The fraction of sp³-hybridized carbons (Fsp3) is 0.538. The highest BCUT2D eigenvalue weighted by Gasteiger charge is 2.13. The summed E-state index contributed by atoms with van der Waals surface area (Å²) in [6.07, 6.45) is 3.23. The molecule has 3 heteroatoms. The number of rotatable bonds is 4. The molecule has 0 radical (unpaired) electrons. The second-order valence-electron chi connectivity index (χ2n) is 4.18. The van der Waals surface area contributed by atoms with Crippen LogP contribution >= 0.6 is 0 Å². The van der Waals surface area contributed by atoms with Gasteiger partial charge in [-0.15, -0.1) is 0 Å². The summed E-state index contributed by atoms with van der Waals surface area (Å²) in [5.41, 5.74) is 1.15. The summed E-state index contributed by atoms with van der Waals surface area (Å²) in [7, 11) is 0. The zero-order valence-corrected chi connectivity index (χ0v) is 9.48. The van der Waals surface area contributed by atoms with Crippen LogP contribution in [0.25, 0.3) is 0 Å². The molecule has 0 unspecified atom stereocenters. The van der Waals surface area contributed by atoms with Crippen LogP contribution < -0.4 is 10.1 Å². The van der Waals surface area contributed by atoms with Crippen molar-refractivity contribution in [3.05, 3.63) is 29.8 Å². The standard InChI is InChI=1S/C13H19NO2/c15-10-7-11-1-3-12(4-2-11)16-13-5-8-14-9-6-13/h1-4,13-15H,5-10H2. The molecule has 0 atom stereocenters. The number of benzene rings is 1. The minimum atomic E-state index is 0.203. The lowest BCUT2D eigenvalue weighted by Crippen LogP contribution is -2.34. The summed E-state index contributed by atoms with van der Waals surface area (Å²) in [4.78, 5) is 0. The summed E-state index contributed by atoms with van der Waals surface area (Å²) < 4.78 is 5.89. The minimum Gasteiger partial charge on any atom is -0.490 e. The lowest BCUT2D eigenvalue weighted by molar-refractivity contribution is 0.162. The number of nitrogens with one attached hydrogen (secondary N) is 1. The molecule has 1 fully saturated rings. The van der Waals surface area contributed by atoms with Gasteiger partial charge in [0.1, 0.15) is 11.9 Å². The van der Waals surface area contributed by atoms with Gasteiger partial charge in [0.15, 0.2) is 0 Å². The Bertz CT molecular complexity index is 304. The fourth-order valence-electron chi connectivity index (χ4n) is 1.97. The fourth-order valence-corrected chi connectivity index (χ4v) is 1.97. The number of piperidine rings is 1. The van der Waals surface area contributed by atoms with Gasteiger partial charge in [-0.3, -0.25) is 0 Å². The average Bonchev–Trinajstić information content (AvgIpc) is 2.33. The first kappa shape index (κ1) is 11.4. The zero-order chi connectivity index (χ0) is 11.2. The quantitative estimate of drug-likeness (QED) is 0.806. The van der Waals surface area contributed by atoms with Crippen LogP contribution in [0.1, 0.15) is 18.4 Å². The number of hydrogen-bond acceptors (Lipinski definition) is 3. The van der Waals surface area contributed by atoms with Crippen molar-refractivity contribution >= 4 is 0 Å². The van der Waals surface area contributed by atoms with Gasteiger partial charge in [-0.1, -0.05) is 12.1 Å². The maximum absolute atomic E-state index is 8.81. The molecule has 88 valence electrons. The SMILES string of the molecule is OCCc1ccc(OC2CCNCC2)cc1. The molecule has 16 heavy (non-hydrogen) atoms. The first-order valence-corrected chi connectivity index (χ1v) is 5.95. The lowest BCUT2D eigenvalue weighted by atomic mass is 10.1. The summed E-state index contributed by atoms with van der Waals surface area (Å²) in [5.74, 6) is 0.939. The first-order valence-electron chi connectivity index (χ1n) is 5.95. The topological polar surface area (TPSA) is 41.5 Å². The molecule has 1 saturated heterocycles. The van der Waals surface area contributed by atoms with E-state index in [1.165, 1.54) is 0 Å². The van der Waals surface area contributed by atoms with Gasteiger partial charge in [-0.2, -0.15) is 0 Å². The second kappa shape index (κ2) is 5.87. The largest absolute Gasteiger partial charge is 0.490 e. The van der Waals surface area contributed by atoms with Crippen LogP contribution in [0.4, 0.5) is 0 Å². The van der Waals surface area contributed by atoms with Crippen molar-refractivity contribution in [2.75, 3.05) is 19.7 Å². The van der Waals surface area contributed by atoms with Crippen molar-refractivity contribution in [3.63, 3.8) is 0 Å². The summed E-state index contributed by atoms with van der Waals surface area (Å²) >= 11 is 0. The molecule has 0 bridgehead atoms. The summed E-state index contributed by atoms with van der Waals surface area (Å²) in [6, 6.07) is 8.03. The van der Waals surface area contributed by atoms with E-state index in [9.17, 15) is 0 Å². The maximum atomic E-state index is 8.81. The number of aliphatic hydroxyl groups is 1. The van der Waals surface area contributed by atoms with Crippen LogP contribution in [0.5, 0.6) is 5.75 Å². The summed E-state index contributed by atoms with van der Waals surface area (Å²) in [6.45, 7) is 2.30. The van der Waals surface area contributed by atoms with Crippen LogP contribution in [0.15, 0.2) is 24.3 Å². The molecule has 0 amide bonds. The van der Waals surface area contributed by atoms with Crippen LogP contribution in [-0.4, -0.2) is 30.9 Å². The van der Waals surface area contributed by atoms with Crippen molar-refractivity contribution in [2.45, 2.75) is 25.4 Å². The molecule has 3 nitrogen and oxygen atoms in total. The van der Waals surface area contributed by atoms with Gasteiger partial charge in [0, 0.05) is 6.61 Å². The Morgan fingerprint density at radius 2 is 1.88 bits per heavy atom. The monoisotopic (exact) mass is 221 g/mol. The van der Waals surface area contributed by atoms with E-state index in [1.807, 2.05) is 24.3 Å². The van der Waals surface area contributed by atoms with E-state index in [0.29, 0.717) is 12.5 Å². The number of hydrogen-bond donors (Lipinski definition) is 2. The molecule has 0 spiro atoms. The van der Waals surface area contributed by atoms with Crippen molar-refractivity contribution in [1.82, 2.24) is 5.32 Å². The smallest absolute Gasteiger partial charge is 0.119 e. The van der Waals surface area contributed by atoms with Crippen molar-refractivity contribution in [1.29, 1.82) is 0 Å². The Balaban J connectivity index is 1.88. The number of ether oxygens (including phenoxy) is 1. The van der Waals surface area contributed by atoms with Gasteiger partial charge in [0.2, 0.25) is 0 Å². The molecule has 0 saturated carbocycles. The zero-order valence-electron chi connectivity index (χ0n) is 9.48. The van der Waals surface area contributed by atoms with E-state index in [0.717, 1.165) is 37.2 Å². The molecule has 2 rings (SSSR count). The van der Waals surface area contributed by atoms with E-state index in [2.05, 4.69) is 5.32 Å². The van der Waals surface area contributed by atoms with E-state index in [-0.39, 0.29) is 6.61 Å². The molecule has 1 aromatic rings. The second-order valence-corrected chi connectivity index (χ2v) is 4.18. The molecule has 2 N–H and O–H groups in total. The third-order valence-electron chi connectivity index (χ3n) is 2.91. The Kier molecular flexibility index (Phi) is 4.19. The van der Waals surface area contributed by atoms with Gasteiger partial charge >= 0.3 is 0 Å². The van der Waals surface area contributed by atoms with Crippen LogP contribution in [0.2, 0.25) is 0 Å². The molecular formula is C13H19NO2. The van der Waals surface area contributed by atoms with Crippen LogP contribution in [0.3, 0.4) is 0 Å². The Morgan fingerprint density at radius 3 is 2.50 bits per heavy atom. The maximum Gasteiger partial charge on any atom is 0.119 e. The minimum absolute atomic E-state index is 0.203. The van der Waals surface area contributed by atoms with E-state index >= 15 is 0 Å². The molecule has 1 aromatic carbocycles. The van der Waals surface area contributed by atoms with Crippen LogP contribution in [0, 0.1) is 0 Å². The first-order chi connectivity index (χ1) is 7.88. The van der Waals surface area contributed by atoms with Gasteiger partial charge in [0.25, 0.3) is 0 Å². The van der Waals surface area contributed by atoms with E-state index in [4.69, 9.17) is 9.84 Å². The average molecular weight is 221 g/mol. The normalized spacial score (nSPS) is 17.3. The van der Waals surface area contributed by atoms with Crippen molar-refractivity contribution in [2.24, 2.45) is 0 Å². The molecule has 1 aliphatic heterocycles. The third-order valence-corrected chi connectivity index (χ3v) is 2.91. The van der Waals surface area contributed by atoms with Crippen LogP contribution in [-0.2, 0) is 6.42 Å². The lowest BCUT2D eigenvalue weighted by Gasteiger charge is -2.23. The third kappa shape index (κ3) is 3.22. The molecule has 0 aromatic heterocycles. The Hall–Kier alpha value is -1.06. The van der Waals surface area contributed by atoms with Gasteiger partial charge in [-0.05, 0) is 50.0 Å². The van der Waals surface area contributed by atoms with Crippen molar-refractivity contribution < 1.29 is 9.84 Å². The molecule has 0 aliphatic carbocycles. The van der Waals surface area contributed by atoms with Crippen molar-refractivity contribution in [3.8, 4) is 5.75 Å². The van der Waals surface area contributed by atoms with Gasteiger partial charge < -0.3 is 15.2 Å². The Labute approximate surface area is 96.4 Å². The predicted molar refractivity (Wildman–Crippen MR) is 63.8 cm³/mol. The highest BCUT2D eigenvalue weighted by Crippen LogP contribution is 2.17. The highest BCUT2D eigenvalue weighted by molar-refractivity contribution is 5.27. The van der Waals surface area contributed by atoms with E-state index < -0.39 is 0 Å². The molecule has 1 heterocycles. The molecule has 1 aliphatic rings. The van der Waals surface area contributed by atoms with Gasteiger partial charge in [-0.25, -0.2) is 0 Å². The summed E-state index contributed by atoms with van der Waals surface area (Å²) in [5, 5.41) is 12.1. The van der Waals surface area contributed by atoms with E-state index in [1.54, 1.807) is 0 Å². The van der Waals surface area contributed by atoms with Gasteiger partial charge in [0.05, 0.1) is 0 Å². The Morgan fingerprint density at radius 1 is 1.19 bits per heavy atom. The number of aliphatic hydroxyl groups excluding tert-OH is 1. The predicted octanol–water partition coefficient (Wildman–Crippen LogP) is 1.35. The molecular weight excluding hydrogens is 202 g/mol.